The van der Waals surface area contributed by atoms with E-state index in [9.17, 15) is 0 Å². The second-order valence-electron chi connectivity index (χ2n) is 8.19. The summed E-state index contributed by atoms with van der Waals surface area (Å²) < 4.78 is 6.16. The lowest BCUT2D eigenvalue weighted by molar-refractivity contribution is 0.328. The quantitative estimate of drug-likeness (QED) is 0.618. The minimum Gasteiger partial charge on any atom is -0.217 e. The minimum atomic E-state index is -0.0434. The van der Waals surface area contributed by atoms with Crippen LogP contribution in [0.15, 0.2) is 40.8 Å². The van der Waals surface area contributed by atoms with Crippen LogP contribution >= 0.6 is 0 Å². The number of hydrogen-bond acceptors (Lipinski definition) is 1. The van der Waals surface area contributed by atoms with Crippen LogP contribution in [-0.4, -0.2) is 0 Å². The van der Waals surface area contributed by atoms with Gasteiger partial charge in [-0.05, 0) is 64.8 Å². The second-order valence-corrected chi connectivity index (χ2v) is 8.19. The van der Waals surface area contributed by atoms with E-state index in [0.717, 1.165) is 22.6 Å². The van der Waals surface area contributed by atoms with Crippen molar-refractivity contribution in [3.63, 3.8) is 0 Å². The van der Waals surface area contributed by atoms with Gasteiger partial charge in [0.25, 0.3) is 0 Å². The monoisotopic (exact) mass is 320 g/mol. The largest absolute Gasteiger partial charge is 0.335 e. The van der Waals surface area contributed by atoms with Crippen LogP contribution < -0.4 is 0 Å². The Morgan fingerprint density at radius 2 is 1.25 bits per heavy atom. The molecule has 0 aliphatic carbocycles. The zero-order valence-corrected chi connectivity index (χ0v) is 15.5. The Balaban J connectivity index is 2.41. The molecule has 2 nitrogen and oxygen atoms in total. The number of benzene rings is 1. The van der Waals surface area contributed by atoms with Crippen molar-refractivity contribution < 1.29 is 4.42 Å². The van der Waals surface area contributed by atoms with E-state index in [1.807, 2.05) is 24.3 Å². The second kappa shape index (κ2) is 6.61. The topological polar surface area (TPSA) is 35.1 Å². The van der Waals surface area contributed by atoms with Crippen molar-refractivity contribution in [3.8, 4) is 6.07 Å². The van der Waals surface area contributed by atoms with E-state index >= 15 is 0 Å². The van der Waals surface area contributed by atoms with Gasteiger partial charge < -0.3 is 0 Å². The Bertz CT molecular complexity index is 746. The van der Waals surface area contributed by atoms with Gasteiger partial charge in [-0.25, -0.2) is 4.42 Å². The molecule has 0 aliphatic rings. The maximum atomic E-state index is 8.87. The van der Waals surface area contributed by atoms with Crippen molar-refractivity contribution in [2.24, 2.45) is 0 Å². The summed E-state index contributed by atoms with van der Waals surface area (Å²) in [5.41, 5.74) is 2.79. The minimum absolute atomic E-state index is 0.0434. The van der Waals surface area contributed by atoms with E-state index in [1.165, 1.54) is 0 Å². The van der Waals surface area contributed by atoms with Crippen molar-refractivity contribution >= 4 is 12.2 Å². The summed E-state index contributed by atoms with van der Waals surface area (Å²) in [7, 11) is 0. The van der Waals surface area contributed by atoms with Gasteiger partial charge in [0, 0.05) is 12.1 Å². The number of nitriles is 1. The predicted octanol–water partition coefficient (Wildman–Crippen LogP) is 6.20. The fraction of sp³-hybridized carbons (Fsp3) is 0.364. The summed E-state index contributed by atoms with van der Waals surface area (Å²) in [5, 5.41) is 8.87. The Hall–Kier alpha value is -2.40. The van der Waals surface area contributed by atoms with E-state index in [1.54, 1.807) is 0 Å². The molecule has 0 bridgehead atoms. The normalized spacial score (nSPS) is 12.4. The fourth-order valence-electron chi connectivity index (χ4n) is 2.22. The van der Waals surface area contributed by atoms with Crippen LogP contribution in [0.1, 0.15) is 69.8 Å². The highest BCUT2D eigenvalue weighted by Crippen LogP contribution is 2.30. The molecule has 24 heavy (non-hydrogen) atoms. The summed E-state index contributed by atoms with van der Waals surface area (Å²) in [6, 6.07) is 13.9. The highest BCUT2D eigenvalue weighted by molar-refractivity contribution is 5.70. The van der Waals surface area contributed by atoms with E-state index in [0.29, 0.717) is 5.56 Å². The molecule has 1 aromatic heterocycles. The molecular formula is C22H26NO+. The van der Waals surface area contributed by atoms with Crippen LogP contribution in [0.3, 0.4) is 0 Å². The molecule has 0 atom stereocenters. The lowest BCUT2D eigenvalue weighted by atomic mass is 9.88. The molecular weight excluding hydrogens is 294 g/mol. The first-order chi connectivity index (χ1) is 11.1. The van der Waals surface area contributed by atoms with Crippen molar-refractivity contribution in [1.29, 1.82) is 5.26 Å². The van der Waals surface area contributed by atoms with Gasteiger partial charge in [0.1, 0.15) is 0 Å². The summed E-state index contributed by atoms with van der Waals surface area (Å²) in [6.07, 6.45) is 4.16. The Morgan fingerprint density at radius 3 is 1.67 bits per heavy atom. The first kappa shape index (κ1) is 17.9. The summed E-state index contributed by atoms with van der Waals surface area (Å²) >= 11 is 0. The van der Waals surface area contributed by atoms with Crippen LogP contribution in [0.2, 0.25) is 0 Å². The van der Waals surface area contributed by atoms with Crippen LogP contribution in [-0.2, 0) is 10.8 Å². The lowest BCUT2D eigenvalue weighted by Crippen LogP contribution is -2.16. The number of hydrogen-bond donors (Lipinski definition) is 0. The molecule has 0 amide bonds. The van der Waals surface area contributed by atoms with Gasteiger partial charge in [-0.3, -0.25) is 0 Å². The molecule has 1 aromatic carbocycles. The standard InChI is InChI=1S/C22H26NO/c1-21(2,3)19-13-18(14-20(24-19)22(4,5)6)12-9-16-7-10-17(15-23)11-8-16/h7-14H,1-6H3/q+1. The van der Waals surface area contributed by atoms with Crippen molar-refractivity contribution in [1.82, 2.24) is 0 Å². The van der Waals surface area contributed by atoms with Gasteiger partial charge >= 0.3 is 11.5 Å². The summed E-state index contributed by atoms with van der Waals surface area (Å²) in [4.78, 5) is 0. The van der Waals surface area contributed by atoms with Crippen molar-refractivity contribution in [2.45, 2.75) is 52.4 Å². The molecule has 2 rings (SSSR count). The van der Waals surface area contributed by atoms with E-state index in [4.69, 9.17) is 9.68 Å². The molecule has 1 heterocycles. The molecule has 0 unspecified atom stereocenters. The first-order valence-electron chi connectivity index (χ1n) is 8.27. The highest BCUT2D eigenvalue weighted by atomic mass is 16.3. The van der Waals surface area contributed by atoms with Gasteiger partial charge in [-0.15, -0.1) is 0 Å². The number of nitrogens with zero attached hydrogens (tertiary/aromatic N) is 1. The van der Waals surface area contributed by atoms with Crippen LogP contribution in [0.25, 0.3) is 12.2 Å². The summed E-state index contributed by atoms with van der Waals surface area (Å²) in [5.74, 6) is 1.96. The highest BCUT2D eigenvalue weighted by Gasteiger charge is 2.33. The molecule has 0 saturated carbocycles. The molecule has 2 heteroatoms. The van der Waals surface area contributed by atoms with Crippen molar-refractivity contribution in [3.05, 3.63) is 64.6 Å². The lowest BCUT2D eigenvalue weighted by Gasteiger charge is -2.14. The van der Waals surface area contributed by atoms with Gasteiger partial charge in [0.2, 0.25) is 0 Å². The molecule has 124 valence electrons. The molecule has 0 N–H and O–H groups in total. The van der Waals surface area contributed by atoms with Crippen LogP contribution in [0.5, 0.6) is 0 Å². The molecule has 0 saturated heterocycles. The van der Waals surface area contributed by atoms with E-state index in [-0.39, 0.29) is 10.8 Å². The average molecular weight is 320 g/mol. The zero-order chi connectivity index (χ0) is 18.0. The third-order valence-corrected chi connectivity index (χ3v) is 3.80. The third-order valence-electron chi connectivity index (χ3n) is 3.80. The Morgan fingerprint density at radius 1 is 0.792 bits per heavy atom. The predicted molar refractivity (Wildman–Crippen MR) is 101 cm³/mol. The van der Waals surface area contributed by atoms with Crippen LogP contribution in [0, 0.1) is 11.3 Å². The number of rotatable bonds is 2. The first-order valence-corrected chi connectivity index (χ1v) is 8.27. The summed E-state index contributed by atoms with van der Waals surface area (Å²) in [6.45, 7) is 13.0. The zero-order valence-electron chi connectivity index (χ0n) is 15.5. The molecule has 0 aliphatic heterocycles. The van der Waals surface area contributed by atoms with Crippen molar-refractivity contribution in [2.75, 3.05) is 0 Å². The SMILES string of the molecule is CC(C)(C)c1cc(C=Cc2ccc(C#N)cc2)cc(C(C)(C)C)[o+]1. The third kappa shape index (κ3) is 4.55. The van der Waals surface area contributed by atoms with Gasteiger partial charge in [0.15, 0.2) is 0 Å². The average Bonchev–Trinajstić information content (AvgIpc) is 2.51. The smallest absolute Gasteiger partial charge is 0.217 e. The maximum absolute atomic E-state index is 8.87. The molecule has 0 radical (unpaired) electrons. The van der Waals surface area contributed by atoms with Crippen LogP contribution in [0.4, 0.5) is 0 Å². The fourth-order valence-corrected chi connectivity index (χ4v) is 2.22. The molecule has 0 spiro atoms. The van der Waals surface area contributed by atoms with E-state index < -0.39 is 0 Å². The Kier molecular flexibility index (Phi) is 4.94. The van der Waals surface area contributed by atoms with Gasteiger partial charge in [-0.2, -0.15) is 5.26 Å². The molecule has 2 aromatic rings. The van der Waals surface area contributed by atoms with Gasteiger partial charge in [-0.1, -0.05) is 24.3 Å². The maximum Gasteiger partial charge on any atom is 0.335 e. The van der Waals surface area contributed by atoms with Gasteiger partial charge in [0.05, 0.1) is 22.5 Å². The molecule has 0 fully saturated rings. The Labute approximate surface area is 145 Å². The van der Waals surface area contributed by atoms with E-state index in [2.05, 4.69) is 71.9 Å².